The number of hydrogen-bond donors (Lipinski definition) is 1. The van der Waals surface area contributed by atoms with Gasteiger partial charge in [-0.2, -0.15) is 0 Å². The highest BCUT2D eigenvalue weighted by Gasteiger charge is 2.04. The molecule has 0 amide bonds. The van der Waals surface area contributed by atoms with Crippen molar-refractivity contribution >= 4 is 17.6 Å². The summed E-state index contributed by atoms with van der Waals surface area (Å²) in [6.07, 6.45) is 3.23. The highest BCUT2D eigenvalue weighted by Crippen LogP contribution is 2.28. The molecule has 5 heteroatoms. The molecule has 16 heavy (non-hydrogen) atoms. The van der Waals surface area contributed by atoms with Gasteiger partial charge < -0.3 is 5.32 Å². The van der Waals surface area contributed by atoms with Crippen molar-refractivity contribution < 1.29 is 4.39 Å². The Kier molecular flexibility index (Phi) is 3.36. The number of anilines is 1. The summed E-state index contributed by atoms with van der Waals surface area (Å²) >= 11 is 1.26. The molecule has 0 spiro atoms. The average molecular weight is 235 g/mol. The minimum Gasteiger partial charge on any atom is -0.372 e. The van der Waals surface area contributed by atoms with Crippen LogP contribution in [0.3, 0.4) is 0 Å². The smallest absolute Gasteiger partial charge is 0.145 e. The van der Waals surface area contributed by atoms with E-state index in [4.69, 9.17) is 0 Å². The van der Waals surface area contributed by atoms with Gasteiger partial charge in [0, 0.05) is 11.9 Å². The van der Waals surface area contributed by atoms with Crippen LogP contribution in [0.1, 0.15) is 0 Å². The van der Waals surface area contributed by atoms with Crippen LogP contribution in [-0.4, -0.2) is 17.0 Å². The van der Waals surface area contributed by atoms with Crippen LogP contribution in [0, 0.1) is 5.82 Å². The van der Waals surface area contributed by atoms with Crippen LogP contribution in [0.25, 0.3) is 0 Å². The van der Waals surface area contributed by atoms with Gasteiger partial charge in [0.25, 0.3) is 0 Å². The summed E-state index contributed by atoms with van der Waals surface area (Å²) in [7, 11) is 1.77. The minimum atomic E-state index is -0.246. The summed E-state index contributed by atoms with van der Waals surface area (Å²) in [5.41, 5.74) is 0. The maximum Gasteiger partial charge on any atom is 0.145 e. The lowest BCUT2D eigenvalue weighted by molar-refractivity contribution is 0.602. The summed E-state index contributed by atoms with van der Waals surface area (Å²) < 4.78 is 13.4. The number of nitrogens with one attached hydrogen (secondary N) is 1. The second-order valence-electron chi connectivity index (χ2n) is 3.03. The van der Waals surface area contributed by atoms with Crippen LogP contribution < -0.4 is 5.32 Å². The fourth-order valence-electron chi connectivity index (χ4n) is 1.16. The summed E-state index contributed by atoms with van der Waals surface area (Å²) in [5.74, 6) is 0.422. The summed E-state index contributed by atoms with van der Waals surface area (Å²) in [6.45, 7) is 0. The first kappa shape index (κ1) is 10.9. The summed E-state index contributed by atoms with van der Waals surface area (Å²) in [4.78, 5) is 8.81. The van der Waals surface area contributed by atoms with E-state index >= 15 is 0 Å². The van der Waals surface area contributed by atoms with Gasteiger partial charge in [0.15, 0.2) is 0 Å². The van der Waals surface area contributed by atoms with Gasteiger partial charge in [-0.25, -0.2) is 9.37 Å². The molecule has 0 aliphatic carbocycles. The minimum absolute atomic E-state index is 0.246. The Bertz CT molecular complexity index is 490. The second kappa shape index (κ2) is 4.94. The molecule has 0 fully saturated rings. The molecule has 0 saturated carbocycles. The van der Waals surface area contributed by atoms with Crippen molar-refractivity contribution in [1.29, 1.82) is 0 Å². The molecule has 1 aromatic heterocycles. The maximum absolute atomic E-state index is 13.4. The van der Waals surface area contributed by atoms with E-state index in [0.717, 1.165) is 0 Å². The lowest BCUT2D eigenvalue weighted by atomic mass is 10.3. The topological polar surface area (TPSA) is 37.8 Å². The third-order valence-corrected chi connectivity index (χ3v) is 2.88. The Balaban J connectivity index is 2.24. The van der Waals surface area contributed by atoms with Crippen molar-refractivity contribution in [2.45, 2.75) is 9.92 Å². The molecule has 0 unspecified atom stereocenters. The first-order valence-corrected chi connectivity index (χ1v) is 5.53. The molecule has 0 atom stereocenters. The lowest BCUT2D eigenvalue weighted by Gasteiger charge is -2.03. The normalized spacial score (nSPS) is 10.1. The second-order valence-corrected chi connectivity index (χ2v) is 4.09. The van der Waals surface area contributed by atoms with E-state index in [2.05, 4.69) is 15.3 Å². The number of nitrogens with zero attached hydrogens (tertiary/aromatic N) is 2. The van der Waals surface area contributed by atoms with Crippen molar-refractivity contribution in [3.8, 4) is 0 Å². The quantitative estimate of drug-likeness (QED) is 0.887. The molecular weight excluding hydrogens is 225 g/mol. The Morgan fingerprint density at radius 2 is 2.06 bits per heavy atom. The Hall–Kier alpha value is -1.62. The predicted octanol–water partition coefficient (Wildman–Crippen LogP) is 2.81. The number of benzene rings is 1. The molecule has 1 aromatic carbocycles. The maximum atomic E-state index is 13.4. The van der Waals surface area contributed by atoms with Crippen LogP contribution in [0.2, 0.25) is 0 Å². The van der Waals surface area contributed by atoms with E-state index in [1.54, 1.807) is 37.6 Å². The van der Waals surface area contributed by atoms with Crippen molar-refractivity contribution in [3.05, 3.63) is 42.5 Å². The van der Waals surface area contributed by atoms with E-state index in [1.165, 1.54) is 17.8 Å². The van der Waals surface area contributed by atoms with E-state index < -0.39 is 0 Å². The molecule has 1 N–H and O–H groups in total. The molecule has 2 aromatic rings. The van der Waals surface area contributed by atoms with Crippen molar-refractivity contribution in [3.63, 3.8) is 0 Å². The summed E-state index contributed by atoms with van der Waals surface area (Å²) in [6, 6.07) is 6.60. The van der Waals surface area contributed by atoms with Crippen molar-refractivity contribution in [2.75, 3.05) is 12.4 Å². The molecule has 3 nitrogen and oxygen atoms in total. The highest BCUT2D eigenvalue weighted by atomic mass is 32.2. The standard InChI is InChI=1S/C11H10FN3S/c1-13-10-6-14-7-11(15-10)16-9-5-3-2-4-8(9)12/h2-7H,1H3,(H,13,15). The fourth-order valence-corrected chi connectivity index (χ4v) is 1.95. The van der Waals surface area contributed by atoms with Gasteiger partial charge in [0.05, 0.1) is 12.4 Å². The molecule has 0 saturated heterocycles. The molecule has 82 valence electrons. The number of halogens is 1. The van der Waals surface area contributed by atoms with Crippen molar-refractivity contribution in [2.24, 2.45) is 0 Å². The van der Waals surface area contributed by atoms with Gasteiger partial charge in [-0.05, 0) is 12.1 Å². The summed E-state index contributed by atoms with van der Waals surface area (Å²) in [5, 5.41) is 3.55. The molecule has 2 rings (SSSR count). The van der Waals surface area contributed by atoms with Gasteiger partial charge in [0.1, 0.15) is 16.7 Å². The zero-order chi connectivity index (χ0) is 11.4. The Morgan fingerprint density at radius 3 is 2.81 bits per heavy atom. The van der Waals surface area contributed by atoms with E-state index in [-0.39, 0.29) is 5.82 Å². The van der Waals surface area contributed by atoms with Crippen LogP contribution in [-0.2, 0) is 0 Å². The molecule has 0 bridgehead atoms. The Labute approximate surface area is 97.1 Å². The van der Waals surface area contributed by atoms with Crippen LogP contribution in [0.4, 0.5) is 10.2 Å². The van der Waals surface area contributed by atoms with Gasteiger partial charge in [-0.15, -0.1) is 0 Å². The SMILES string of the molecule is CNc1cncc(Sc2ccccc2F)n1. The third-order valence-electron chi connectivity index (χ3n) is 1.92. The molecular formula is C11H10FN3S. The van der Waals surface area contributed by atoms with Gasteiger partial charge >= 0.3 is 0 Å². The van der Waals surface area contributed by atoms with E-state index in [1.807, 2.05) is 0 Å². The number of hydrogen-bond acceptors (Lipinski definition) is 4. The predicted molar refractivity (Wildman–Crippen MR) is 62.1 cm³/mol. The zero-order valence-electron chi connectivity index (χ0n) is 8.64. The monoisotopic (exact) mass is 235 g/mol. The molecule has 1 heterocycles. The van der Waals surface area contributed by atoms with Gasteiger partial charge in [-0.3, -0.25) is 4.98 Å². The molecule has 0 aliphatic rings. The van der Waals surface area contributed by atoms with E-state index in [0.29, 0.717) is 15.7 Å². The highest BCUT2D eigenvalue weighted by molar-refractivity contribution is 7.99. The van der Waals surface area contributed by atoms with Gasteiger partial charge in [0.2, 0.25) is 0 Å². The fraction of sp³-hybridized carbons (Fsp3) is 0.0909. The number of aromatic nitrogens is 2. The van der Waals surface area contributed by atoms with Crippen molar-refractivity contribution in [1.82, 2.24) is 9.97 Å². The average Bonchev–Trinajstić information content (AvgIpc) is 2.32. The first-order valence-electron chi connectivity index (χ1n) is 4.72. The van der Waals surface area contributed by atoms with E-state index in [9.17, 15) is 4.39 Å². The third kappa shape index (κ3) is 2.49. The molecule has 0 aliphatic heterocycles. The first-order chi connectivity index (χ1) is 7.79. The Morgan fingerprint density at radius 1 is 1.25 bits per heavy atom. The van der Waals surface area contributed by atoms with Crippen LogP contribution >= 0.6 is 11.8 Å². The molecule has 0 radical (unpaired) electrons. The number of rotatable bonds is 3. The van der Waals surface area contributed by atoms with Crippen LogP contribution in [0.5, 0.6) is 0 Å². The van der Waals surface area contributed by atoms with Crippen LogP contribution in [0.15, 0.2) is 46.6 Å². The largest absolute Gasteiger partial charge is 0.372 e. The zero-order valence-corrected chi connectivity index (χ0v) is 9.46. The van der Waals surface area contributed by atoms with Gasteiger partial charge in [-0.1, -0.05) is 23.9 Å². The lowest BCUT2D eigenvalue weighted by Crippen LogP contribution is -1.94.